The second-order valence-electron chi connectivity index (χ2n) is 13.8. The zero-order valence-electron chi connectivity index (χ0n) is 32.7. The van der Waals surface area contributed by atoms with E-state index in [4.69, 9.17) is 9.47 Å². The summed E-state index contributed by atoms with van der Waals surface area (Å²) < 4.78 is 160. The Kier molecular flexibility index (Phi) is 14.5. The largest absolute Gasteiger partial charge is 0.488 e. The van der Waals surface area contributed by atoms with Gasteiger partial charge in [-0.2, -0.15) is 26.3 Å². The molecule has 0 fully saturated rings. The topological polar surface area (TPSA) is 94.8 Å². The molecule has 0 aliphatic carbocycles. The smallest absolute Gasteiger partial charge is 0.416 e. The van der Waals surface area contributed by atoms with Crippen LogP contribution in [0.4, 0.5) is 48.3 Å². The number of hydrogen-bond acceptors (Lipinski definition) is 5. The minimum Gasteiger partial charge on any atom is -0.488 e. The molecule has 0 amide bonds. The molecule has 0 atom stereocenters. The van der Waals surface area contributed by atoms with Crippen LogP contribution in [0.5, 0.6) is 11.5 Å². The third-order valence-electron chi connectivity index (χ3n) is 9.21. The maximum absolute atomic E-state index is 14.1. The quantitative estimate of drug-likeness (QED) is 0.0917. The number of carboxylic acid groups (broad SMARTS) is 1. The molecule has 330 valence electrons. The fourth-order valence-electron chi connectivity index (χ4n) is 6.00. The predicted molar refractivity (Wildman–Crippen MR) is 205 cm³/mol. The molecular weight excluding hydrogens is 859 g/mol. The summed E-state index contributed by atoms with van der Waals surface area (Å²) in [6, 6.07) is 17.1. The Bertz CT molecular complexity index is 2670. The number of aromatic nitrogens is 1. The first-order chi connectivity index (χ1) is 29.5. The van der Waals surface area contributed by atoms with Crippen LogP contribution in [0.2, 0.25) is 0 Å². The molecule has 18 heteroatoms. The zero-order chi connectivity index (χ0) is 46.4. The molecule has 0 saturated carbocycles. The fourth-order valence-corrected chi connectivity index (χ4v) is 6.00. The molecule has 1 heterocycles. The number of ether oxygens (including phenoxy) is 2. The minimum atomic E-state index is -4.69. The SMILES string of the molecule is CC(=O)CCC(=O)c1cc(C(F)(F)F)ccc1OCc1ccc(F)cc1F.Cc1ccc(-c2cc(C(F)(F)F)ccc2OCc2ccc(F)cc2F)n1-c1ccc(F)c(C(=O)O)c1. The third-order valence-corrected chi connectivity index (χ3v) is 9.21. The van der Waals surface area contributed by atoms with Crippen molar-refractivity contribution >= 4 is 17.5 Å². The molecule has 0 spiro atoms. The molecule has 1 N–H and O–H groups in total. The molecular formula is C45H32F11NO6. The van der Waals surface area contributed by atoms with E-state index in [1.54, 1.807) is 13.0 Å². The average molecular weight is 892 g/mol. The molecule has 63 heavy (non-hydrogen) atoms. The number of halogens is 11. The summed E-state index contributed by atoms with van der Waals surface area (Å²) in [5, 5.41) is 9.28. The second kappa shape index (κ2) is 19.4. The van der Waals surface area contributed by atoms with E-state index in [0.717, 1.165) is 66.7 Å². The van der Waals surface area contributed by atoms with Crippen molar-refractivity contribution in [3.05, 3.63) is 171 Å². The van der Waals surface area contributed by atoms with Gasteiger partial charge in [-0.1, -0.05) is 0 Å². The summed E-state index contributed by atoms with van der Waals surface area (Å²) in [6.45, 7) is 2.08. The molecule has 7 nitrogen and oxygen atoms in total. The number of benzene rings is 5. The highest BCUT2D eigenvalue weighted by Gasteiger charge is 2.33. The monoisotopic (exact) mass is 891 g/mol. The average Bonchev–Trinajstić information content (AvgIpc) is 3.59. The van der Waals surface area contributed by atoms with Gasteiger partial charge < -0.3 is 23.9 Å². The number of alkyl halides is 6. The molecule has 0 saturated heterocycles. The number of hydrogen-bond donors (Lipinski definition) is 1. The number of carbonyl (C=O) groups is 3. The van der Waals surface area contributed by atoms with Gasteiger partial charge in [-0.3, -0.25) is 4.79 Å². The van der Waals surface area contributed by atoms with Crippen molar-refractivity contribution < 1.29 is 77.3 Å². The Labute approximate surface area is 350 Å². The third kappa shape index (κ3) is 11.9. The molecule has 5 aromatic carbocycles. The first-order valence-electron chi connectivity index (χ1n) is 18.3. The lowest BCUT2D eigenvalue weighted by Crippen LogP contribution is -2.11. The van der Waals surface area contributed by atoms with Crippen molar-refractivity contribution in [1.82, 2.24) is 4.57 Å². The lowest BCUT2D eigenvalue weighted by atomic mass is 10.0. The van der Waals surface area contributed by atoms with E-state index in [1.807, 2.05) is 0 Å². The summed E-state index contributed by atoms with van der Waals surface area (Å²) >= 11 is 0. The van der Waals surface area contributed by atoms with E-state index >= 15 is 0 Å². The van der Waals surface area contributed by atoms with Crippen molar-refractivity contribution in [2.24, 2.45) is 0 Å². The van der Waals surface area contributed by atoms with Crippen molar-refractivity contribution in [3.8, 4) is 28.4 Å². The van der Waals surface area contributed by atoms with Gasteiger partial charge >= 0.3 is 18.3 Å². The molecule has 1 aromatic heterocycles. The van der Waals surface area contributed by atoms with Gasteiger partial charge in [-0.25, -0.2) is 26.7 Å². The van der Waals surface area contributed by atoms with Crippen molar-refractivity contribution in [1.29, 1.82) is 0 Å². The van der Waals surface area contributed by atoms with E-state index in [-0.39, 0.29) is 63.8 Å². The van der Waals surface area contributed by atoms with E-state index in [9.17, 15) is 67.8 Å². The van der Waals surface area contributed by atoms with E-state index < -0.39 is 83.1 Å². The summed E-state index contributed by atoms with van der Waals surface area (Å²) in [4.78, 5) is 34.7. The number of Topliss-reactive ketones (excluding diaryl/α,β-unsaturated/α-hetero) is 2. The Hall–Kier alpha value is -6.98. The molecule has 0 radical (unpaired) electrons. The second-order valence-corrected chi connectivity index (χ2v) is 13.8. The zero-order valence-corrected chi connectivity index (χ0v) is 32.7. The van der Waals surface area contributed by atoms with Gasteiger partial charge in [0.05, 0.1) is 27.9 Å². The number of carboxylic acids is 1. The van der Waals surface area contributed by atoms with E-state index in [0.29, 0.717) is 23.9 Å². The van der Waals surface area contributed by atoms with Crippen LogP contribution in [0, 0.1) is 36.0 Å². The summed E-state index contributed by atoms with van der Waals surface area (Å²) in [5.41, 5.74) is -2.16. The van der Waals surface area contributed by atoms with Crippen LogP contribution in [-0.4, -0.2) is 27.2 Å². The van der Waals surface area contributed by atoms with Crippen LogP contribution in [0.3, 0.4) is 0 Å². The molecule has 0 aliphatic heterocycles. The molecule has 0 aliphatic rings. The predicted octanol–water partition coefficient (Wildman–Crippen LogP) is 12.3. The number of nitrogens with zero attached hydrogens (tertiary/aromatic N) is 1. The lowest BCUT2D eigenvalue weighted by molar-refractivity contribution is -0.138. The molecule has 0 unspecified atom stereocenters. The van der Waals surface area contributed by atoms with Gasteiger partial charge in [-0.15, -0.1) is 0 Å². The van der Waals surface area contributed by atoms with Crippen LogP contribution in [0.25, 0.3) is 16.9 Å². The van der Waals surface area contributed by atoms with Crippen molar-refractivity contribution in [3.63, 3.8) is 0 Å². The van der Waals surface area contributed by atoms with Gasteiger partial charge in [0, 0.05) is 53.0 Å². The summed E-state index contributed by atoms with van der Waals surface area (Å²) in [7, 11) is 0. The van der Waals surface area contributed by atoms with Gasteiger partial charge in [-0.05, 0) is 105 Å². The van der Waals surface area contributed by atoms with Crippen LogP contribution < -0.4 is 9.47 Å². The van der Waals surface area contributed by atoms with E-state index in [2.05, 4.69) is 0 Å². The van der Waals surface area contributed by atoms with Crippen molar-refractivity contribution in [2.75, 3.05) is 0 Å². The van der Waals surface area contributed by atoms with E-state index in [1.165, 1.54) is 23.6 Å². The first-order valence-corrected chi connectivity index (χ1v) is 18.3. The maximum atomic E-state index is 14.1. The highest BCUT2D eigenvalue weighted by molar-refractivity contribution is 6.00. The Morgan fingerprint density at radius 1 is 0.587 bits per heavy atom. The van der Waals surface area contributed by atoms with Gasteiger partial charge in [0.25, 0.3) is 0 Å². The Morgan fingerprint density at radius 3 is 1.65 bits per heavy atom. The molecule has 0 bridgehead atoms. The van der Waals surface area contributed by atoms with Crippen molar-refractivity contribution in [2.45, 2.75) is 52.3 Å². The lowest BCUT2D eigenvalue weighted by Gasteiger charge is -2.18. The summed E-state index contributed by atoms with van der Waals surface area (Å²) in [6.07, 6.45) is -9.76. The molecule has 6 aromatic rings. The van der Waals surface area contributed by atoms with Gasteiger partial charge in [0.1, 0.15) is 59.6 Å². The fraction of sp³-hybridized carbons (Fsp3) is 0.178. The Morgan fingerprint density at radius 2 is 1.13 bits per heavy atom. The highest BCUT2D eigenvalue weighted by atomic mass is 19.4. The number of ketones is 2. The Balaban J connectivity index is 0.000000248. The normalized spacial score (nSPS) is 11.4. The highest BCUT2D eigenvalue weighted by Crippen LogP contribution is 2.40. The maximum Gasteiger partial charge on any atom is 0.416 e. The van der Waals surface area contributed by atoms with Crippen LogP contribution in [-0.2, 0) is 30.4 Å². The minimum absolute atomic E-state index is 0.0153. The van der Waals surface area contributed by atoms with Crippen LogP contribution >= 0.6 is 0 Å². The number of rotatable bonds is 13. The number of carbonyl (C=O) groups excluding carboxylic acids is 2. The molecule has 6 rings (SSSR count). The van der Waals surface area contributed by atoms with Gasteiger partial charge in [0.2, 0.25) is 0 Å². The standard InChI is InChI=1S/C26H17F6NO3.C19H15F5O3/c1-14-2-8-23(33(14)18-6-7-21(28)19(12-18)25(34)35)20-10-16(26(30,31)32)4-9-24(20)36-13-15-3-5-17(27)11-22(15)29;1-11(25)2-6-17(26)15-8-13(19(22,23)24)4-7-18(15)27-10-12-3-5-14(20)9-16(12)21/h2-12H,13H2,1H3,(H,34,35);3-5,7-9H,2,6,10H2,1H3. The summed E-state index contributed by atoms with van der Waals surface area (Å²) in [5.74, 6) is -7.02. The number of aromatic carboxylic acids is 1. The number of aryl methyl sites for hydroxylation is 1. The van der Waals surface area contributed by atoms with Gasteiger partial charge in [0.15, 0.2) is 5.78 Å². The van der Waals surface area contributed by atoms with Crippen LogP contribution in [0.1, 0.15) is 68.4 Å². The van der Waals surface area contributed by atoms with Crippen LogP contribution in [0.15, 0.2) is 103 Å². The first kappa shape index (κ1) is 47.1.